The molecule has 0 aromatic heterocycles. The fourth-order valence-corrected chi connectivity index (χ4v) is 4.19. The third-order valence-electron chi connectivity index (χ3n) is 5.74. The van der Waals surface area contributed by atoms with Crippen LogP contribution in [0.15, 0.2) is 24.3 Å². The first-order chi connectivity index (χ1) is 13.3. The predicted molar refractivity (Wildman–Crippen MR) is 108 cm³/mol. The number of carbonyl (C=O) groups is 1. The van der Waals surface area contributed by atoms with Gasteiger partial charge in [0.15, 0.2) is 0 Å². The van der Waals surface area contributed by atoms with Crippen molar-refractivity contribution in [2.24, 2.45) is 17.8 Å². The van der Waals surface area contributed by atoms with E-state index in [0.717, 1.165) is 18.4 Å². The third-order valence-corrected chi connectivity index (χ3v) is 5.74. The van der Waals surface area contributed by atoms with Crippen molar-refractivity contribution in [1.82, 2.24) is 5.32 Å². The van der Waals surface area contributed by atoms with Crippen LogP contribution in [0.3, 0.4) is 0 Å². The molecule has 1 aromatic carbocycles. The van der Waals surface area contributed by atoms with Crippen LogP contribution in [-0.4, -0.2) is 52.7 Å². The van der Waals surface area contributed by atoms with E-state index in [1.807, 2.05) is 18.2 Å². The van der Waals surface area contributed by atoms with Gasteiger partial charge >= 0.3 is 0 Å². The minimum atomic E-state index is -1.31. The molecule has 0 heterocycles. The fourth-order valence-electron chi connectivity index (χ4n) is 4.19. The lowest BCUT2D eigenvalue weighted by Crippen LogP contribution is -2.56. The summed E-state index contributed by atoms with van der Waals surface area (Å²) in [7, 11) is 0. The Morgan fingerprint density at radius 1 is 1.32 bits per heavy atom. The first-order valence-corrected chi connectivity index (χ1v) is 10.3. The van der Waals surface area contributed by atoms with Crippen LogP contribution in [0.2, 0.25) is 0 Å². The smallest absolute Gasteiger partial charge is 0.252 e. The molecule has 0 bridgehead atoms. The van der Waals surface area contributed by atoms with Gasteiger partial charge < -0.3 is 25.4 Å². The van der Waals surface area contributed by atoms with Crippen LogP contribution in [0.1, 0.15) is 45.6 Å². The Morgan fingerprint density at radius 3 is 2.71 bits per heavy atom. The lowest BCUT2D eigenvalue weighted by Gasteiger charge is -2.43. The summed E-state index contributed by atoms with van der Waals surface area (Å²) >= 11 is 0. The molecule has 158 valence electrons. The summed E-state index contributed by atoms with van der Waals surface area (Å²) in [5, 5.41) is 32.5. The Labute approximate surface area is 167 Å². The zero-order chi connectivity index (χ0) is 20.7. The van der Waals surface area contributed by atoms with E-state index < -0.39 is 11.7 Å². The maximum absolute atomic E-state index is 12.9. The van der Waals surface area contributed by atoms with Crippen molar-refractivity contribution >= 4 is 5.91 Å². The average Bonchev–Trinajstić information content (AvgIpc) is 2.66. The number of hydrogen-bond acceptors (Lipinski definition) is 5. The number of benzene rings is 1. The molecule has 0 aliphatic heterocycles. The van der Waals surface area contributed by atoms with Crippen LogP contribution in [0.4, 0.5) is 0 Å². The second-order valence-corrected chi connectivity index (χ2v) is 8.42. The largest absolute Gasteiger partial charge is 0.491 e. The number of para-hydroxylation sites is 1. The lowest BCUT2D eigenvalue weighted by atomic mass is 9.66. The zero-order valence-electron chi connectivity index (χ0n) is 17.2. The van der Waals surface area contributed by atoms with Crippen LogP contribution in [0.25, 0.3) is 0 Å². The van der Waals surface area contributed by atoms with Crippen LogP contribution < -0.4 is 10.1 Å². The van der Waals surface area contributed by atoms with E-state index in [1.54, 1.807) is 6.07 Å². The topological polar surface area (TPSA) is 99.0 Å². The van der Waals surface area contributed by atoms with E-state index in [9.17, 15) is 15.0 Å². The number of rotatable bonds is 9. The summed E-state index contributed by atoms with van der Waals surface area (Å²) in [6, 6.07) is 7.42. The number of ether oxygens (including phenoxy) is 1. The maximum Gasteiger partial charge on any atom is 0.252 e. The lowest BCUT2D eigenvalue weighted by molar-refractivity contribution is -0.155. The highest BCUT2D eigenvalue weighted by Gasteiger charge is 2.48. The van der Waals surface area contributed by atoms with Gasteiger partial charge in [-0.05, 0) is 48.6 Å². The molecule has 1 amide bonds. The molecular weight excluding hydrogens is 358 g/mol. The molecule has 0 saturated heterocycles. The van der Waals surface area contributed by atoms with Gasteiger partial charge in [-0.3, -0.25) is 4.79 Å². The number of aliphatic hydroxyl groups is 3. The highest BCUT2D eigenvalue weighted by Crippen LogP contribution is 2.41. The molecule has 6 nitrogen and oxygen atoms in total. The van der Waals surface area contributed by atoms with E-state index >= 15 is 0 Å². The second-order valence-electron chi connectivity index (χ2n) is 8.42. The van der Waals surface area contributed by atoms with Crippen molar-refractivity contribution in [3.63, 3.8) is 0 Å². The van der Waals surface area contributed by atoms with Gasteiger partial charge in [-0.2, -0.15) is 0 Å². The average molecular weight is 394 g/mol. The molecule has 4 atom stereocenters. The molecule has 28 heavy (non-hydrogen) atoms. The van der Waals surface area contributed by atoms with Crippen molar-refractivity contribution < 1.29 is 24.9 Å². The SMILES string of the molecule is CC(C)[C@@H]1CC[C@@H](C)C[C@@]1(O)C(=O)NCCc1ccccc1OCC(O)CO. The highest BCUT2D eigenvalue weighted by molar-refractivity contribution is 5.85. The molecule has 1 saturated carbocycles. The molecule has 1 aromatic rings. The van der Waals surface area contributed by atoms with E-state index in [1.165, 1.54) is 0 Å². The Balaban J connectivity index is 1.96. The summed E-state index contributed by atoms with van der Waals surface area (Å²) in [5.41, 5.74) is -0.412. The molecule has 1 unspecified atom stereocenters. The number of nitrogens with one attached hydrogen (secondary N) is 1. The minimum Gasteiger partial charge on any atom is -0.491 e. The number of hydrogen-bond donors (Lipinski definition) is 4. The maximum atomic E-state index is 12.9. The van der Waals surface area contributed by atoms with Crippen molar-refractivity contribution in [1.29, 1.82) is 0 Å². The first-order valence-electron chi connectivity index (χ1n) is 10.3. The van der Waals surface area contributed by atoms with E-state index in [2.05, 4.69) is 26.1 Å². The summed E-state index contributed by atoms with van der Waals surface area (Å²) in [6.45, 7) is 6.26. The van der Waals surface area contributed by atoms with Gasteiger partial charge in [0, 0.05) is 6.54 Å². The molecule has 4 N–H and O–H groups in total. The van der Waals surface area contributed by atoms with Crippen LogP contribution in [0, 0.1) is 17.8 Å². The summed E-state index contributed by atoms with van der Waals surface area (Å²) in [6.07, 6.45) is 2.04. The molecular formula is C22H35NO5. The monoisotopic (exact) mass is 393 g/mol. The standard InChI is InChI=1S/C22H35NO5/c1-15(2)19-9-8-16(3)12-22(19,27)21(26)23-11-10-17-6-4-5-7-20(17)28-14-18(25)13-24/h4-7,15-16,18-19,24-25,27H,8-14H2,1-3H3,(H,23,26)/t16-,18?,19+,22+/m1/s1. The summed E-state index contributed by atoms with van der Waals surface area (Å²) in [5.74, 6) is 0.883. The Morgan fingerprint density at radius 2 is 2.04 bits per heavy atom. The highest BCUT2D eigenvalue weighted by atomic mass is 16.5. The molecule has 0 radical (unpaired) electrons. The van der Waals surface area contributed by atoms with Gasteiger partial charge in [0.05, 0.1) is 6.61 Å². The van der Waals surface area contributed by atoms with Crippen molar-refractivity contribution in [2.45, 2.75) is 58.2 Å². The molecule has 1 aliphatic carbocycles. The van der Waals surface area contributed by atoms with Gasteiger partial charge in [0.25, 0.3) is 5.91 Å². The normalized spacial score (nSPS) is 26.1. The predicted octanol–water partition coefficient (Wildman–Crippen LogP) is 1.90. The van der Waals surface area contributed by atoms with Crippen molar-refractivity contribution in [2.75, 3.05) is 19.8 Å². The summed E-state index contributed by atoms with van der Waals surface area (Å²) < 4.78 is 5.57. The Bertz CT molecular complexity index is 635. The minimum absolute atomic E-state index is 0.00752. The number of carbonyl (C=O) groups excluding carboxylic acids is 1. The van der Waals surface area contributed by atoms with Crippen molar-refractivity contribution in [3.8, 4) is 5.75 Å². The van der Waals surface area contributed by atoms with Gasteiger partial charge in [-0.15, -0.1) is 0 Å². The first kappa shape index (κ1) is 22.7. The Hall–Kier alpha value is -1.63. The zero-order valence-corrected chi connectivity index (χ0v) is 17.2. The van der Waals surface area contributed by atoms with Gasteiger partial charge in [-0.1, -0.05) is 45.4 Å². The van der Waals surface area contributed by atoms with E-state index in [-0.39, 0.29) is 31.0 Å². The van der Waals surface area contributed by atoms with Gasteiger partial charge in [-0.25, -0.2) is 0 Å². The van der Waals surface area contributed by atoms with Gasteiger partial charge in [0.1, 0.15) is 24.1 Å². The molecule has 2 rings (SSSR count). The number of amides is 1. The van der Waals surface area contributed by atoms with Crippen molar-refractivity contribution in [3.05, 3.63) is 29.8 Å². The van der Waals surface area contributed by atoms with Crippen LogP contribution in [-0.2, 0) is 11.2 Å². The molecule has 6 heteroatoms. The van der Waals surface area contributed by atoms with E-state index in [4.69, 9.17) is 9.84 Å². The van der Waals surface area contributed by atoms with Gasteiger partial charge in [0.2, 0.25) is 0 Å². The van der Waals surface area contributed by atoms with E-state index in [0.29, 0.717) is 31.1 Å². The quantitative estimate of drug-likeness (QED) is 0.514. The Kier molecular flexibility index (Phi) is 8.28. The second kappa shape index (κ2) is 10.2. The molecule has 1 aliphatic rings. The van der Waals surface area contributed by atoms with Crippen LogP contribution in [0.5, 0.6) is 5.75 Å². The summed E-state index contributed by atoms with van der Waals surface area (Å²) in [4.78, 5) is 12.9. The molecule has 0 spiro atoms. The third kappa shape index (κ3) is 5.69. The van der Waals surface area contributed by atoms with Crippen LogP contribution >= 0.6 is 0 Å². The fraction of sp³-hybridized carbons (Fsp3) is 0.682. The molecule has 1 fully saturated rings. The number of aliphatic hydroxyl groups excluding tert-OH is 2.